The van der Waals surface area contributed by atoms with Gasteiger partial charge in [0.2, 0.25) is 5.95 Å². The fraction of sp³-hybridized carbons (Fsp3) is 0.500. The van der Waals surface area contributed by atoms with Crippen molar-refractivity contribution >= 4 is 46.8 Å². The molecular weight excluding hydrogens is 607 g/mol. The maximum atomic E-state index is 15.7. The second-order valence-corrected chi connectivity index (χ2v) is 10.3. The number of aliphatic hydroxyl groups is 1. The van der Waals surface area contributed by atoms with E-state index in [-0.39, 0.29) is 41.5 Å². The van der Waals surface area contributed by atoms with Crippen LogP contribution in [0.1, 0.15) is 12.5 Å². The first kappa shape index (κ1) is 29.1. The van der Waals surface area contributed by atoms with Crippen molar-refractivity contribution in [3.05, 3.63) is 39.7 Å². The largest absolute Gasteiger partial charge is 0.385 e. The second kappa shape index (κ2) is 11.9. The molecule has 0 aromatic carbocycles. The van der Waals surface area contributed by atoms with Gasteiger partial charge in [-0.25, -0.2) is 24.2 Å². The topological polar surface area (TPSA) is 249 Å². The number of anilines is 1. The Kier molecular flexibility index (Phi) is 8.25. The number of imidazole rings is 2. The zero-order valence-electron chi connectivity index (χ0n) is 21.1. The van der Waals surface area contributed by atoms with Crippen molar-refractivity contribution in [2.75, 3.05) is 18.9 Å². The van der Waals surface area contributed by atoms with Gasteiger partial charge in [-0.2, -0.15) is 4.98 Å². The molecule has 0 aliphatic carbocycles. The van der Waals surface area contributed by atoms with Crippen LogP contribution in [0.5, 0.6) is 0 Å². The van der Waals surface area contributed by atoms with E-state index in [1.807, 2.05) is 0 Å². The lowest BCUT2D eigenvalue weighted by molar-refractivity contribution is -0.305. The lowest BCUT2D eigenvalue weighted by atomic mass is 10.0. The minimum atomic E-state index is -1.61. The number of alkyl halides is 1. The van der Waals surface area contributed by atoms with Gasteiger partial charge in [0.05, 0.1) is 38.3 Å². The van der Waals surface area contributed by atoms with Gasteiger partial charge < -0.3 is 38.9 Å². The summed E-state index contributed by atoms with van der Waals surface area (Å²) in [7, 11) is 1.32. The molecule has 0 saturated carbocycles. The first-order valence-corrected chi connectivity index (χ1v) is 13.5. The number of aromatic nitrogens is 8. The molecular formula is C20H24FN9O10P2. The van der Waals surface area contributed by atoms with E-state index in [4.69, 9.17) is 28.8 Å². The van der Waals surface area contributed by atoms with Crippen LogP contribution in [-0.4, -0.2) is 93.4 Å². The summed E-state index contributed by atoms with van der Waals surface area (Å²) in [5.74, 6) is -1.01. The summed E-state index contributed by atoms with van der Waals surface area (Å²) in [4.78, 5) is 49.3. The number of hydrogen-bond donors (Lipinski definition) is 5. The molecule has 3 unspecified atom stereocenters. The zero-order chi connectivity index (χ0) is 29.5. The van der Waals surface area contributed by atoms with E-state index in [0.717, 1.165) is 0 Å². The summed E-state index contributed by atoms with van der Waals surface area (Å²) in [6, 6.07) is 0. The molecule has 4 aromatic heterocycles. The van der Waals surface area contributed by atoms with Gasteiger partial charge in [-0.05, 0) is 0 Å². The van der Waals surface area contributed by atoms with Crippen LogP contribution in [0.2, 0.25) is 0 Å². The number of halogens is 1. The van der Waals surface area contributed by atoms with Crippen molar-refractivity contribution in [1.29, 1.82) is 0 Å². The van der Waals surface area contributed by atoms with Crippen LogP contribution in [0.25, 0.3) is 22.3 Å². The lowest BCUT2D eigenvalue weighted by Crippen LogP contribution is -2.34. The van der Waals surface area contributed by atoms with Crippen molar-refractivity contribution in [3.63, 3.8) is 0 Å². The van der Waals surface area contributed by atoms with Crippen LogP contribution in [0.3, 0.4) is 0 Å². The van der Waals surface area contributed by atoms with Gasteiger partial charge in [0.15, 0.2) is 62.4 Å². The number of hydrogen-bond acceptors (Lipinski definition) is 15. The van der Waals surface area contributed by atoms with Crippen LogP contribution in [-0.2, 0) is 27.9 Å². The highest BCUT2D eigenvalue weighted by Gasteiger charge is 2.49. The van der Waals surface area contributed by atoms with Crippen LogP contribution in [0.15, 0.2) is 28.6 Å². The first-order chi connectivity index (χ1) is 20.3. The molecule has 0 bridgehead atoms. The molecule has 6 heterocycles. The number of aliphatic hydroxyl groups excluding tert-OH is 1. The molecule has 2 aliphatic heterocycles. The maximum absolute atomic E-state index is 15.7. The third kappa shape index (κ3) is 5.09. The van der Waals surface area contributed by atoms with Gasteiger partial charge in [0.1, 0.15) is 6.10 Å². The molecule has 19 nitrogen and oxygen atoms in total. The molecule has 0 spiro atoms. The average Bonchev–Trinajstić information content (AvgIpc) is 3.72. The van der Waals surface area contributed by atoms with Crippen molar-refractivity contribution in [2.24, 2.45) is 5.92 Å². The summed E-state index contributed by atoms with van der Waals surface area (Å²) >= 11 is 0. The molecule has 0 radical (unpaired) electrons. The van der Waals surface area contributed by atoms with Crippen LogP contribution in [0, 0.1) is 5.92 Å². The summed E-state index contributed by atoms with van der Waals surface area (Å²) in [6.07, 6.45) is -5.29. The highest BCUT2D eigenvalue weighted by molar-refractivity contribution is 7.26. The Hall–Kier alpha value is -3.03. The van der Waals surface area contributed by atoms with E-state index in [2.05, 4.69) is 44.3 Å². The van der Waals surface area contributed by atoms with Gasteiger partial charge in [-0.3, -0.25) is 29.0 Å². The van der Waals surface area contributed by atoms with E-state index >= 15 is 4.39 Å². The normalized spacial score (nSPS) is 30.0. The van der Waals surface area contributed by atoms with Crippen molar-refractivity contribution in [3.8, 4) is 0 Å². The number of aromatic amines is 2. The quantitative estimate of drug-likeness (QED) is 0.0616. The monoisotopic (exact) mass is 631 g/mol. The number of ether oxygens (including phenoxy) is 2. The molecule has 2 fully saturated rings. The fourth-order valence-electron chi connectivity index (χ4n) is 4.89. The van der Waals surface area contributed by atoms with Gasteiger partial charge in [-0.15, -0.1) is 0 Å². The molecule has 6 rings (SSSR count). The smallest absolute Gasteiger partial charge is 0.280 e. The van der Waals surface area contributed by atoms with E-state index < -0.39 is 69.3 Å². The molecule has 0 amide bonds. The zero-order valence-corrected chi connectivity index (χ0v) is 23.3. The van der Waals surface area contributed by atoms with Gasteiger partial charge in [0.25, 0.3) is 11.1 Å². The number of fused-ring (bicyclic) bond motifs is 2. The minimum Gasteiger partial charge on any atom is -0.385 e. The number of nitrogens with one attached hydrogen (secondary N) is 2. The molecule has 226 valence electrons. The minimum absolute atomic E-state index is 0.0160. The Bertz CT molecular complexity index is 1690. The van der Waals surface area contributed by atoms with E-state index in [1.54, 1.807) is 0 Å². The van der Waals surface area contributed by atoms with E-state index in [0.29, 0.717) is 0 Å². The Balaban J connectivity index is 1.11. The summed E-state index contributed by atoms with van der Waals surface area (Å²) in [6.45, 7) is -0.165. The molecule has 4 aromatic rings. The molecule has 2 saturated heterocycles. The highest BCUT2D eigenvalue weighted by atomic mass is 31.1. The molecule has 6 N–H and O–H groups in total. The lowest BCUT2D eigenvalue weighted by Gasteiger charge is -2.19. The molecule has 10 atom stereocenters. The highest BCUT2D eigenvalue weighted by Crippen LogP contribution is 2.40. The third-order valence-corrected chi connectivity index (χ3v) is 7.69. The predicted molar refractivity (Wildman–Crippen MR) is 141 cm³/mol. The third-order valence-electron chi connectivity index (χ3n) is 6.89. The summed E-state index contributed by atoms with van der Waals surface area (Å²) < 4.78 is 46.1. The van der Waals surface area contributed by atoms with E-state index in [9.17, 15) is 20.0 Å². The van der Waals surface area contributed by atoms with Crippen molar-refractivity contribution in [1.82, 2.24) is 39.0 Å². The first-order valence-electron chi connectivity index (χ1n) is 12.2. The molecule has 42 heavy (non-hydrogen) atoms. The van der Waals surface area contributed by atoms with E-state index in [1.165, 1.54) is 28.1 Å². The number of nitrogen functional groups attached to an aromatic ring is 1. The number of rotatable bonds is 10. The van der Waals surface area contributed by atoms with Gasteiger partial charge in [0, 0.05) is 15.4 Å². The predicted octanol–water partition coefficient (Wildman–Crippen LogP) is -0.891. The second-order valence-electron chi connectivity index (χ2n) is 9.31. The maximum Gasteiger partial charge on any atom is 0.280 e. The molecule has 22 heteroatoms. The standard InChI is InChI=1S/C20H24FN9O10P2/c21-8-6(7(2-35-41)37-17(8)29-4-25-9-13(29)23-3-24-15(9)32)1-36-42-40-19-11(31)12(39-34)18(38-19)30-5-26-10-14(30)27-20(22)28-16(10)33/h3-8,11-12,17-19,31,34,42H,1-2,41H2,(H,23,24,32)(H3,22,27,28,33)/t6-,7-,8+,11+,12-,17-,18-,19?/m1/s1. The van der Waals surface area contributed by atoms with Crippen molar-refractivity contribution < 1.29 is 42.7 Å². The van der Waals surface area contributed by atoms with Crippen LogP contribution in [0.4, 0.5) is 10.3 Å². The number of H-pyrrole nitrogens is 2. The van der Waals surface area contributed by atoms with Gasteiger partial charge >= 0.3 is 0 Å². The van der Waals surface area contributed by atoms with Crippen LogP contribution >= 0.6 is 18.5 Å². The summed E-state index contributed by atoms with van der Waals surface area (Å²) in [5, 5.41) is 20.1. The Morgan fingerprint density at radius 3 is 2.57 bits per heavy atom. The summed E-state index contributed by atoms with van der Waals surface area (Å²) in [5.41, 5.74) is 4.71. The Morgan fingerprint density at radius 1 is 1.10 bits per heavy atom. The Labute approximate surface area is 236 Å². The Morgan fingerprint density at radius 2 is 1.83 bits per heavy atom. The molecule has 2 aliphatic rings. The van der Waals surface area contributed by atoms with Crippen molar-refractivity contribution in [2.45, 2.75) is 43.2 Å². The number of nitrogens with zero attached hydrogens (tertiary/aromatic N) is 6. The SMILES string of the molecule is Nc1nc2c(ncn2[C@@H]2OC(OPOC[C@H]3[C@H](F)[C@H](n4cnc5c(=O)[nH]cnc54)O[C@@H]3COP)[C@@H](O)[C@H]2OO)c(=O)[nH]1. The number of nitrogens with two attached hydrogens (primary N) is 1. The van der Waals surface area contributed by atoms with Gasteiger partial charge in [-0.1, -0.05) is 0 Å². The average molecular weight is 631 g/mol. The van der Waals surface area contributed by atoms with Crippen LogP contribution < -0.4 is 16.9 Å². The fourth-order valence-corrected chi connectivity index (χ4v) is 5.70.